The van der Waals surface area contributed by atoms with Crippen LogP contribution in [0.1, 0.15) is 47.0 Å². The molecule has 0 aliphatic carbocycles. The maximum absolute atomic E-state index is 11.4. The fraction of sp³-hybridized carbons (Fsp3) is 0.421. The second-order valence-electron chi connectivity index (χ2n) is 5.52. The molecule has 4 heteroatoms. The molecule has 0 spiro atoms. The van der Waals surface area contributed by atoms with Crippen molar-refractivity contribution in [1.29, 1.82) is 0 Å². The molecule has 0 aromatic heterocycles. The van der Waals surface area contributed by atoms with Crippen LogP contribution in [0.25, 0.3) is 0 Å². The monoisotopic (exact) mass is 317 g/mol. The van der Waals surface area contributed by atoms with Gasteiger partial charge in [0.2, 0.25) is 0 Å². The molecule has 0 fully saturated rings. The highest BCUT2D eigenvalue weighted by Crippen LogP contribution is 2.20. The topological polar surface area (TPSA) is 81.1 Å². The molecule has 4 nitrogen and oxygen atoms in total. The summed E-state index contributed by atoms with van der Waals surface area (Å²) in [6, 6.07) is 0. The van der Waals surface area contributed by atoms with Gasteiger partial charge in [0, 0.05) is 30.1 Å². The van der Waals surface area contributed by atoms with Crippen molar-refractivity contribution in [2.75, 3.05) is 7.05 Å². The zero-order chi connectivity index (χ0) is 17.8. The first-order chi connectivity index (χ1) is 10.9. The molecular formula is C19H31N3O. The fourth-order valence-electron chi connectivity index (χ4n) is 2.03. The van der Waals surface area contributed by atoms with Crippen molar-refractivity contribution in [3.05, 3.63) is 58.1 Å². The van der Waals surface area contributed by atoms with Crippen LogP contribution in [0.3, 0.4) is 0 Å². The lowest BCUT2D eigenvalue weighted by atomic mass is 9.98. The van der Waals surface area contributed by atoms with Crippen LogP contribution in [-0.2, 0) is 4.79 Å². The summed E-state index contributed by atoms with van der Waals surface area (Å²) in [7, 11) is 1.77. The fourth-order valence-corrected chi connectivity index (χ4v) is 2.03. The molecule has 23 heavy (non-hydrogen) atoms. The first-order valence-corrected chi connectivity index (χ1v) is 7.97. The van der Waals surface area contributed by atoms with Crippen molar-refractivity contribution in [3.63, 3.8) is 0 Å². The standard InChI is InChI=1S/C19H31N3O/c1-6-7-8-9-14(2)15(3)10-11-17(19(12-20)22-5)18(13-23)16(4)21/h8-9,11-13,22H,6-7,10,20-21H2,1-5H3/b9-8-,15-14+,17-11-,18-16+,19-12+. The number of hydrogen-bond acceptors (Lipinski definition) is 4. The average molecular weight is 317 g/mol. The van der Waals surface area contributed by atoms with Crippen LogP contribution in [0.2, 0.25) is 0 Å². The third-order valence-electron chi connectivity index (χ3n) is 3.67. The van der Waals surface area contributed by atoms with Gasteiger partial charge in [-0.3, -0.25) is 4.79 Å². The molecule has 0 rings (SSSR count). The Balaban J connectivity index is 5.60. The lowest BCUT2D eigenvalue weighted by molar-refractivity contribution is -0.104. The second-order valence-corrected chi connectivity index (χ2v) is 5.52. The Hall–Kier alpha value is -2.23. The Morgan fingerprint density at radius 2 is 1.87 bits per heavy atom. The quantitative estimate of drug-likeness (QED) is 0.346. The molecule has 0 atom stereocenters. The predicted molar refractivity (Wildman–Crippen MR) is 99.4 cm³/mol. The Morgan fingerprint density at radius 1 is 1.22 bits per heavy atom. The molecule has 0 saturated heterocycles. The van der Waals surface area contributed by atoms with E-state index in [0.29, 0.717) is 17.0 Å². The highest BCUT2D eigenvalue weighted by molar-refractivity contribution is 5.83. The summed E-state index contributed by atoms with van der Waals surface area (Å²) in [6.45, 7) is 8.05. The van der Waals surface area contributed by atoms with E-state index in [2.05, 4.69) is 38.2 Å². The lowest BCUT2D eigenvalue weighted by Crippen LogP contribution is -2.15. The molecule has 0 heterocycles. The number of carbonyl (C=O) groups excluding carboxylic acids is 1. The minimum Gasteiger partial charge on any atom is -0.403 e. The van der Waals surface area contributed by atoms with E-state index in [1.54, 1.807) is 14.0 Å². The number of aldehydes is 1. The highest BCUT2D eigenvalue weighted by atomic mass is 16.1. The summed E-state index contributed by atoms with van der Waals surface area (Å²) >= 11 is 0. The van der Waals surface area contributed by atoms with Crippen molar-refractivity contribution in [3.8, 4) is 0 Å². The zero-order valence-corrected chi connectivity index (χ0v) is 15.1. The number of rotatable bonds is 9. The van der Waals surface area contributed by atoms with E-state index < -0.39 is 0 Å². The summed E-state index contributed by atoms with van der Waals surface area (Å²) in [5, 5.41) is 3.01. The van der Waals surface area contributed by atoms with Crippen molar-refractivity contribution in [1.82, 2.24) is 5.32 Å². The normalized spacial score (nSPS) is 15.3. The summed E-state index contributed by atoms with van der Waals surface area (Å²) in [4.78, 5) is 11.4. The van der Waals surface area contributed by atoms with E-state index in [-0.39, 0.29) is 0 Å². The van der Waals surface area contributed by atoms with E-state index in [9.17, 15) is 4.79 Å². The number of nitrogens with two attached hydrogens (primary N) is 2. The first-order valence-electron chi connectivity index (χ1n) is 7.97. The van der Waals surface area contributed by atoms with Gasteiger partial charge in [-0.1, -0.05) is 42.7 Å². The minimum atomic E-state index is 0.461. The van der Waals surface area contributed by atoms with Gasteiger partial charge in [0.1, 0.15) is 0 Å². The van der Waals surface area contributed by atoms with Crippen molar-refractivity contribution in [2.24, 2.45) is 11.5 Å². The van der Waals surface area contributed by atoms with Gasteiger partial charge in [-0.05, 0) is 33.6 Å². The van der Waals surface area contributed by atoms with Crippen LogP contribution in [0, 0.1) is 0 Å². The number of unbranched alkanes of at least 4 members (excludes halogenated alkanes) is 1. The van der Waals surface area contributed by atoms with E-state index in [1.165, 1.54) is 17.3 Å². The third-order valence-corrected chi connectivity index (χ3v) is 3.67. The maximum Gasteiger partial charge on any atom is 0.152 e. The Labute approximate surface area is 140 Å². The molecule has 0 aliphatic heterocycles. The number of nitrogens with one attached hydrogen (secondary N) is 1. The van der Waals surface area contributed by atoms with Crippen molar-refractivity contribution >= 4 is 6.29 Å². The highest BCUT2D eigenvalue weighted by Gasteiger charge is 2.11. The van der Waals surface area contributed by atoms with Gasteiger partial charge < -0.3 is 16.8 Å². The summed E-state index contributed by atoms with van der Waals surface area (Å²) in [5.74, 6) is 0. The molecule has 0 bridgehead atoms. The lowest BCUT2D eigenvalue weighted by Gasteiger charge is -2.13. The van der Waals surface area contributed by atoms with Crippen LogP contribution in [-0.4, -0.2) is 13.3 Å². The number of likely N-dealkylation sites (N-methyl/N-ethyl adjacent to an activating group) is 1. The van der Waals surface area contributed by atoms with Gasteiger partial charge in [-0.2, -0.15) is 0 Å². The van der Waals surface area contributed by atoms with Crippen LogP contribution in [0.4, 0.5) is 0 Å². The Morgan fingerprint density at radius 3 is 2.30 bits per heavy atom. The Bertz CT molecular complexity index is 545. The van der Waals surface area contributed by atoms with Crippen LogP contribution in [0.15, 0.2) is 58.1 Å². The van der Waals surface area contributed by atoms with Crippen LogP contribution in [0.5, 0.6) is 0 Å². The van der Waals surface area contributed by atoms with E-state index in [4.69, 9.17) is 11.5 Å². The van der Waals surface area contributed by atoms with Crippen LogP contribution >= 0.6 is 0 Å². The van der Waals surface area contributed by atoms with E-state index in [0.717, 1.165) is 31.1 Å². The van der Waals surface area contributed by atoms with E-state index >= 15 is 0 Å². The summed E-state index contributed by atoms with van der Waals surface area (Å²) in [5.41, 5.74) is 16.3. The smallest absolute Gasteiger partial charge is 0.152 e. The molecule has 5 N–H and O–H groups in total. The minimum absolute atomic E-state index is 0.461. The van der Waals surface area contributed by atoms with Gasteiger partial charge in [0.05, 0.1) is 5.70 Å². The van der Waals surface area contributed by atoms with Gasteiger partial charge in [0.15, 0.2) is 6.29 Å². The maximum atomic E-state index is 11.4. The van der Waals surface area contributed by atoms with Gasteiger partial charge in [-0.25, -0.2) is 0 Å². The Kier molecular flexibility index (Phi) is 10.3. The first kappa shape index (κ1) is 20.8. The van der Waals surface area contributed by atoms with Crippen molar-refractivity contribution in [2.45, 2.75) is 47.0 Å². The molecule has 0 aliphatic rings. The van der Waals surface area contributed by atoms with E-state index in [1.807, 2.05) is 6.08 Å². The molecule has 0 amide bonds. The zero-order valence-electron chi connectivity index (χ0n) is 15.1. The summed E-state index contributed by atoms with van der Waals surface area (Å²) in [6.07, 6.45) is 11.5. The molecule has 0 saturated carbocycles. The number of hydrogen-bond donors (Lipinski definition) is 3. The predicted octanol–water partition coefficient (Wildman–Crippen LogP) is 3.45. The molecule has 0 radical (unpaired) electrons. The van der Waals surface area contributed by atoms with Crippen molar-refractivity contribution < 1.29 is 4.79 Å². The molecular weight excluding hydrogens is 286 g/mol. The van der Waals surface area contributed by atoms with Gasteiger partial charge in [0.25, 0.3) is 0 Å². The SMILES string of the molecule is CCC/C=C\C(C)=C(/C)C/C=C(C(/C=O)=C(\C)N)\C(=C/N)NC. The number of carbonyl (C=O) groups is 1. The average Bonchev–Trinajstić information content (AvgIpc) is 2.53. The molecule has 128 valence electrons. The molecule has 0 unspecified atom stereocenters. The summed E-state index contributed by atoms with van der Waals surface area (Å²) < 4.78 is 0. The molecule has 0 aromatic rings. The molecule has 0 aromatic carbocycles. The number of allylic oxidation sites excluding steroid dienone is 7. The largest absolute Gasteiger partial charge is 0.403 e. The third kappa shape index (κ3) is 7.04. The van der Waals surface area contributed by atoms with Crippen LogP contribution < -0.4 is 16.8 Å². The van der Waals surface area contributed by atoms with Gasteiger partial charge >= 0.3 is 0 Å². The van der Waals surface area contributed by atoms with Gasteiger partial charge in [-0.15, -0.1) is 0 Å². The second kappa shape index (κ2) is 11.4.